The predicted octanol–water partition coefficient (Wildman–Crippen LogP) is 0.947. The summed E-state index contributed by atoms with van der Waals surface area (Å²) in [5.74, 6) is 0.690. The first kappa shape index (κ1) is 8.00. The van der Waals surface area contributed by atoms with Gasteiger partial charge in [0.2, 0.25) is 0 Å². The topological polar surface area (TPSA) is 64.1 Å². The van der Waals surface area contributed by atoms with Crippen LogP contribution in [0.4, 0.5) is 5.69 Å². The number of nitrogens with zero attached hydrogens (tertiary/aromatic N) is 1. The second kappa shape index (κ2) is 2.87. The van der Waals surface area contributed by atoms with Gasteiger partial charge in [-0.3, -0.25) is 0 Å². The Morgan fingerprint density at radius 3 is 2.64 bits per heavy atom. The molecule has 0 fully saturated rings. The van der Waals surface area contributed by atoms with Crippen molar-refractivity contribution in [3.05, 3.63) is 11.5 Å². The zero-order valence-electron chi connectivity index (χ0n) is 6.34. The highest BCUT2D eigenvalue weighted by Crippen LogP contribution is 2.17. The van der Waals surface area contributed by atoms with Crippen molar-refractivity contribution in [3.8, 4) is 0 Å². The summed E-state index contributed by atoms with van der Waals surface area (Å²) in [6, 6.07) is 0. The van der Waals surface area contributed by atoms with Crippen LogP contribution >= 0.6 is 12.2 Å². The zero-order chi connectivity index (χ0) is 8.43. The van der Waals surface area contributed by atoms with Crippen molar-refractivity contribution in [2.45, 2.75) is 13.8 Å². The fourth-order valence-corrected chi connectivity index (χ4v) is 0.887. The predicted molar refractivity (Wildman–Crippen MR) is 46.4 cm³/mol. The Balaban J connectivity index is 2.92. The molecule has 0 spiro atoms. The van der Waals surface area contributed by atoms with E-state index in [9.17, 15) is 0 Å². The molecular formula is C6H9N3OS. The van der Waals surface area contributed by atoms with E-state index in [0.29, 0.717) is 5.76 Å². The number of aryl methyl sites for hydroxylation is 2. The monoisotopic (exact) mass is 171 g/mol. The molecule has 0 saturated heterocycles. The number of rotatable bonds is 1. The number of hydrogen-bond donors (Lipinski definition) is 2. The largest absolute Gasteiger partial charge is 0.376 e. The first-order valence-corrected chi connectivity index (χ1v) is 3.51. The van der Waals surface area contributed by atoms with Crippen LogP contribution in [0, 0.1) is 13.8 Å². The average molecular weight is 171 g/mol. The van der Waals surface area contributed by atoms with Crippen molar-refractivity contribution in [2.24, 2.45) is 5.73 Å². The van der Waals surface area contributed by atoms with Crippen molar-refractivity contribution in [2.75, 3.05) is 5.32 Å². The van der Waals surface area contributed by atoms with Gasteiger partial charge in [-0.2, -0.15) is 0 Å². The third-order valence-electron chi connectivity index (χ3n) is 1.28. The third kappa shape index (κ3) is 1.68. The number of hydrogen-bond acceptors (Lipinski definition) is 3. The van der Waals surface area contributed by atoms with Gasteiger partial charge in [0.1, 0.15) is 11.4 Å². The minimum atomic E-state index is 0.222. The molecule has 1 rings (SSSR count). The van der Waals surface area contributed by atoms with Crippen LogP contribution in [0.15, 0.2) is 4.52 Å². The van der Waals surface area contributed by atoms with Crippen LogP contribution in [0.5, 0.6) is 0 Å². The Hall–Kier alpha value is -1.10. The molecule has 0 bridgehead atoms. The molecule has 0 aliphatic heterocycles. The van der Waals surface area contributed by atoms with Crippen molar-refractivity contribution in [1.82, 2.24) is 5.16 Å². The van der Waals surface area contributed by atoms with Gasteiger partial charge in [0.05, 0.1) is 0 Å². The van der Waals surface area contributed by atoms with Crippen LogP contribution in [-0.2, 0) is 0 Å². The molecule has 0 aromatic carbocycles. The summed E-state index contributed by atoms with van der Waals surface area (Å²) in [5, 5.41) is 6.71. The molecule has 0 aliphatic rings. The highest BCUT2D eigenvalue weighted by atomic mass is 32.1. The highest BCUT2D eigenvalue weighted by Gasteiger charge is 2.07. The molecule has 0 aliphatic carbocycles. The number of thiocarbonyl (C=S) groups is 1. The van der Waals surface area contributed by atoms with Gasteiger partial charge in [-0.05, 0) is 26.1 Å². The number of nitrogens with one attached hydrogen (secondary N) is 1. The van der Waals surface area contributed by atoms with Crippen LogP contribution in [0.2, 0.25) is 0 Å². The molecule has 0 amide bonds. The molecule has 0 saturated carbocycles. The van der Waals surface area contributed by atoms with E-state index in [2.05, 4.69) is 22.7 Å². The molecule has 60 valence electrons. The molecule has 1 aromatic rings. The highest BCUT2D eigenvalue weighted by molar-refractivity contribution is 7.80. The summed E-state index contributed by atoms with van der Waals surface area (Å²) in [4.78, 5) is 0. The molecule has 1 heterocycles. The van der Waals surface area contributed by atoms with E-state index in [-0.39, 0.29) is 5.11 Å². The zero-order valence-corrected chi connectivity index (χ0v) is 7.16. The summed E-state index contributed by atoms with van der Waals surface area (Å²) in [6.07, 6.45) is 0. The molecule has 0 unspecified atom stereocenters. The van der Waals surface area contributed by atoms with Gasteiger partial charge in [-0.1, -0.05) is 5.16 Å². The molecule has 0 atom stereocenters. The molecule has 4 nitrogen and oxygen atoms in total. The quantitative estimate of drug-likeness (QED) is 0.616. The smallest absolute Gasteiger partial charge is 0.168 e. The lowest BCUT2D eigenvalue weighted by molar-refractivity contribution is 0.393. The van der Waals surface area contributed by atoms with E-state index in [1.54, 1.807) is 6.92 Å². The van der Waals surface area contributed by atoms with Gasteiger partial charge in [0.25, 0.3) is 0 Å². The lowest BCUT2D eigenvalue weighted by atomic mass is 10.3. The molecule has 11 heavy (non-hydrogen) atoms. The van der Waals surface area contributed by atoms with Crippen molar-refractivity contribution < 1.29 is 4.52 Å². The van der Waals surface area contributed by atoms with E-state index in [0.717, 1.165) is 11.4 Å². The Bertz CT molecular complexity index is 262. The van der Waals surface area contributed by atoms with Gasteiger partial charge >= 0.3 is 0 Å². The summed E-state index contributed by atoms with van der Waals surface area (Å²) < 4.78 is 4.87. The summed E-state index contributed by atoms with van der Waals surface area (Å²) in [5.41, 5.74) is 6.79. The van der Waals surface area contributed by atoms with Crippen LogP contribution < -0.4 is 11.1 Å². The van der Waals surface area contributed by atoms with Gasteiger partial charge in [0, 0.05) is 0 Å². The van der Waals surface area contributed by atoms with Gasteiger partial charge < -0.3 is 15.6 Å². The minimum absolute atomic E-state index is 0.222. The maximum absolute atomic E-state index is 5.27. The van der Waals surface area contributed by atoms with E-state index in [1.807, 2.05) is 6.92 Å². The lowest BCUT2D eigenvalue weighted by Gasteiger charge is -1.99. The van der Waals surface area contributed by atoms with Crippen LogP contribution in [0.1, 0.15) is 11.5 Å². The van der Waals surface area contributed by atoms with Crippen LogP contribution in [0.3, 0.4) is 0 Å². The van der Waals surface area contributed by atoms with Crippen LogP contribution in [0.25, 0.3) is 0 Å². The van der Waals surface area contributed by atoms with Crippen LogP contribution in [-0.4, -0.2) is 10.3 Å². The minimum Gasteiger partial charge on any atom is -0.376 e. The van der Waals surface area contributed by atoms with E-state index >= 15 is 0 Å². The first-order valence-electron chi connectivity index (χ1n) is 3.10. The molecule has 3 N–H and O–H groups in total. The van der Waals surface area contributed by atoms with E-state index in [4.69, 9.17) is 10.3 Å². The van der Waals surface area contributed by atoms with E-state index < -0.39 is 0 Å². The maximum atomic E-state index is 5.27. The first-order chi connectivity index (χ1) is 5.11. The number of nitrogens with two attached hydrogens (primary N) is 1. The molecule has 5 heteroatoms. The van der Waals surface area contributed by atoms with Crippen molar-refractivity contribution >= 4 is 23.0 Å². The Morgan fingerprint density at radius 2 is 2.27 bits per heavy atom. The maximum Gasteiger partial charge on any atom is 0.168 e. The summed E-state index contributed by atoms with van der Waals surface area (Å²) >= 11 is 4.66. The Kier molecular flexibility index (Phi) is 2.09. The van der Waals surface area contributed by atoms with Gasteiger partial charge in [0.15, 0.2) is 10.9 Å². The Labute approximate surface area is 69.7 Å². The number of aromatic nitrogens is 1. The van der Waals surface area contributed by atoms with Crippen molar-refractivity contribution in [1.29, 1.82) is 0 Å². The fourth-order valence-electron chi connectivity index (χ4n) is 0.785. The molecule has 1 aromatic heterocycles. The van der Waals surface area contributed by atoms with Crippen molar-refractivity contribution in [3.63, 3.8) is 0 Å². The fraction of sp³-hybridized carbons (Fsp3) is 0.333. The second-order valence-electron chi connectivity index (χ2n) is 2.19. The lowest BCUT2D eigenvalue weighted by Crippen LogP contribution is -2.19. The van der Waals surface area contributed by atoms with E-state index in [1.165, 1.54) is 0 Å². The normalized spacial score (nSPS) is 9.64. The average Bonchev–Trinajstić information content (AvgIpc) is 2.18. The van der Waals surface area contributed by atoms with Gasteiger partial charge in [-0.25, -0.2) is 0 Å². The summed E-state index contributed by atoms with van der Waals surface area (Å²) in [6.45, 7) is 3.61. The summed E-state index contributed by atoms with van der Waals surface area (Å²) in [7, 11) is 0. The second-order valence-corrected chi connectivity index (χ2v) is 2.63. The standard InChI is InChI=1S/C6H9N3OS/c1-3-5(8-6(7)11)4(2)10-9-3/h1-2H3,(H3,7,8,11). The third-order valence-corrected chi connectivity index (χ3v) is 1.38. The molecular weight excluding hydrogens is 162 g/mol. The Morgan fingerprint density at radius 1 is 1.64 bits per heavy atom. The SMILES string of the molecule is Cc1noc(C)c1NC(N)=S. The van der Waals surface area contributed by atoms with Gasteiger partial charge in [-0.15, -0.1) is 0 Å². The molecule has 0 radical (unpaired) electrons. The number of anilines is 1.